The first-order valence-corrected chi connectivity index (χ1v) is 36.6. The first-order valence-electron chi connectivity index (χ1n) is 25.0. The van der Waals surface area contributed by atoms with Crippen LogP contribution in [0.3, 0.4) is 0 Å². The molecule has 0 aromatic carbocycles. The standard InChI is InChI=1S/C11H12INO2S.C11H14N2O2S.C9H8INO2S2.C9H10N2O2S2.C8H10N2S.C6H6N2S2.C3H2N2/c1-4-15-11(14)10-8(12)7(5-13)9(16-10)6(2)3;1-4-15-11(14)10-8(13)7(5-12)9(16-10)6(2)3;1-3-13-8(12)7-6(10)5(4-11)9(14-2)15-7;1-3-13-8(12)7-6(11)5(4-10)9(14-2)15-7;1-6(2)8(11-3)7(4-9)5-10;1-9-6(10-2)5(3-7)4-8;4-2-1-3-5/h6H,4H2,1-3H3;6H,4,13H2,1-3H3;3H2,1-2H3;3,11H2,1-2H3;6H,1-3H3;1-2H3;1H2. The van der Waals surface area contributed by atoms with Crippen LogP contribution < -0.4 is 11.5 Å². The van der Waals surface area contributed by atoms with Crippen molar-refractivity contribution >= 4 is 185 Å². The number of thiophene rings is 4. The first kappa shape index (κ1) is 86.1. The number of nitrogens with two attached hydrogens (primary N) is 2. The molecule has 0 aliphatic carbocycles. The van der Waals surface area contributed by atoms with Crippen LogP contribution >= 0.6 is 149 Å². The predicted octanol–water partition coefficient (Wildman–Crippen LogP) is 16.0. The van der Waals surface area contributed by atoms with Crippen LogP contribution in [0.4, 0.5) is 11.4 Å². The summed E-state index contributed by atoms with van der Waals surface area (Å²) in [4.78, 5) is 50.6. The van der Waals surface area contributed by atoms with Crippen LogP contribution in [-0.2, 0) is 18.9 Å². The topological polar surface area (TPSA) is 395 Å². The van der Waals surface area contributed by atoms with Gasteiger partial charge in [-0.1, -0.05) is 41.5 Å². The first-order chi connectivity index (χ1) is 41.7. The number of ether oxygens (including phenoxy) is 4. The van der Waals surface area contributed by atoms with Gasteiger partial charge in [-0.15, -0.1) is 104 Å². The van der Waals surface area contributed by atoms with E-state index in [9.17, 15) is 19.2 Å². The van der Waals surface area contributed by atoms with E-state index in [-0.39, 0.29) is 58.6 Å². The van der Waals surface area contributed by atoms with Gasteiger partial charge in [0.15, 0.2) is 0 Å². The predicted molar refractivity (Wildman–Crippen MR) is 374 cm³/mol. The molecule has 4 aromatic heterocycles. The molecule has 0 radical (unpaired) electrons. The van der Waals surface area contributed by atoms with Crippen molar-refractivity contribution in [1.82, 2.24) is 0 Å². The van der Waals surface area contributed by atoms with E-state index < -0.39 is 11.9 Å². The van der Waals surface area contributed by atoms with Crippen LogP contribution in [0.25, 0.3) is 0 Å². The molecule has 88 heavy (non-hydrogen) atoms. The van der Waals surface area contributed by atoms with E-state index in [1.165, 1.54) is 104 Å². The highest BCUT2D eigenvalue weighted by atomic mass is 127. The van der Waals surface area contributed by atoms with E-state index in [4.69, 9.17) is 83.0 Å². The number of nitrogens with zero attached hydrogens (tertiary/aromatic N) is 10. The van der Waals surface area contributed by atoms with Gasteiger partial charge in [-0.05, 0) is 122 Å². The number of hydrogen-bond donors (Lipinski definition) is 2. The largest absolute Gasteiger partial charge is 0.462 e. The Kier molecular flexibility index (Phi) is 47.7. The van der Waals surface area contributed by atoms with Gasteiger partial charge < -0.3 is 30.4 Å². The summed E-state index contributed by atoms with van der Waals surface area (Å²) in [7, 11) is 0. The number of nitriles is 10. The van der Waals surface area contributed by atoms with E-state index in [1.807, 2.05) is 154 Å². The molecule has 0 aliphatic heterocycles. The average molecular weight is 1590 g/mol. The molecule has 466 valence electrons. The number of anilines is 2. The van der Waals surface area contributed by atoms with E-state index in [1.54, 1.807) is 39.8 Å². The van der Waals surface area contributed by atoms with Gasteiger partial charge in [-0.3, -0.25) is 0 Å². The number of halogens is 2. The highest BCUT2D eigenvalue weighted by molar-refractivity contribution is 14.1. The van der Waals surface area contributed by atoms with Crippen molar-refractivity contribution in [2.24, 2.45) is 5.92 Å². The number of nitrogen functional groups attached to an aromatic ring is 2. The van der Waals surface area contributed by atoms with E-state index >= 15 is 0 Å². The highest BCUT2D eigenvalue weighted by Crippen LogP contribution is 2.39. The second kappa shape index (κ2) is 48.8. The summed E-state index contributed by atoms with van der Waals surface area (Å²) in [6.45, 7) is 20.2. The zero-order valence-corrected chi connectivity index (χ0v) is 62.3. The summed E-state index contributed by atoms with van der Waals surface area (Å²) in [6, 6.07) is 19.0. The molecular weight excluding hydrogens is 1520 g/mol. The Bertz CT molecular complexity index is 3320. The molecule has 4 heterocycles. The molecule has 4 aromatic rings. The summed E-state index contributed by atoms with van der Waals surface area (Å²) < 4.78 is 23.4. The fourth-order valence-corrected chi connectivity index (χ4v) is 15.8. The number of thioether (sulfide) groups is 5. The van der Waals surface area contributed by atoms with Crippen LogP contribution in [0, 0.1) is 126 Å². The number of esters is 4. The van der Waals surface area contributed by atoms with Crippen LogP contribution in [0.15, 0.2) is 28.7 Å². The molecule has 4 N–H and O–H groups in total. The maximum absolute atomic E-state index is 11.6. The average Bonchev–Trinajstić information content (AvgIpc) is 3.96. The minimum atomic E-state index is -0.461. The van der Waals surface area contributed by atoms with E-state index in [2.05, 4.69) is 12.1 Å². The van der Waals surface area contributed by atoms with Gasteiger partial charge in [0.25, 0.3) is 0 Å². The van der Waals surface area contributed by atoms with E-state index in [0.717, 1.165) is 27.3 Å². The number of carbonyl (C=O) groups excluding carboxylic acids is 4. The third-order valence-electron chi connectivity index (χ3n) is 9.46. The zero-order chi connectivity index (χ0) is 68.4. The minimum absolute atomic E-state index is 0. The normalized spacial score (nSPS) is 9.20. The zero-order valence-electron chi connectivity index (χ0n) is 50.6. The Morgan fingerprint density at radius 2 is 0.784 bits per heavy atom. The molecule has 0 atom stereocenters. The maximum Gasteiger partial charge on any atom is 0.350 e. The van der Waals surface area contributed by atoms with Crippen molar-refractivity contribution in [3.05, 3.63) is 78.9 Å². The lowest BCUT2D eigenvalue weighted by Crippen LogP contribution is -2.05. The van der Waals surface area contributed by atoms with Crippen molar-refractivity contribution in [3.63, 3.8) is 0 Å². The van der Waals surface area contributed by atoms with Gasteiger partial charge in [-0.2, -0.15) is 52.6 Å². The van der Waals surface area contributed by atoms with Gasteiger partial charge in [0.1, 0.15) is 91.2 Å². The van der Waals surface area contributed by atoms with Crippen LogP contribution in [-0.4, -0.2) is 81.6 Å². The lowest BCUT2D eigenvalue weighted by Gasteiger charge is -2.06. The number of rotatable bonds is 16. The Labute approximate surface area is 580 Å². The smallest absolute Gasteiger partial charge is 0.350 e. The third kappa shape index (κ3) is 27.7. The van der Waals surface area contributed by atoms with Crippen LogP contribution in [0.2, 0.25) is 0 Å². The monoisotopic (exact) mass is 1580 g/mol. The summed E-state index contributed by atoms with van der Waals surface area (Å²) in [6.07, 6.45) is 9.30. The quantitative estimate of drug-likeness (QED) is 0.0346. The molecule has 0 spiro atoms. The molecule has 0 aliphatic rings. The Hall–Kier alpha value is -6.13. The Morgan fingerprint density at radius 1 is 0.466 bits per heavy atom. The van der Waals surface area contributed by atoms with Gasteiger partial charge in [-0.25, -0.2) is 19.2 Å². The molecule has 0 fully saturated rings. The molecule has 4 rings (SSSR count). The fraction of sp³-hybridized carbons (Fsp3) is 0.404. The highest BCUT2D eigenvalue weighted by Gasteiger charge is 2.26. The van der Waals surface area contributed by atoms with Crippen molar-refractivity contribution < 1.29 is 38.1 Å². The number of hydrogen-bond acceptors (Lipinski definition) is 29. The SMILES string of the molecule is CCOC(=O)c1sc(C(C)C)c(C#N)c1I.CCOC(=O)c1sc(C(C)C)c(C#N)c1N.CCOC(=O)c1sc(SC)c(C#N)c1I.CCOC(=O)c1sc(SC)c(C#N)c1N.CSC(=C(C#N)C#N)C(C)C.CSC(SC)=C(C#N)C#N.N#CCC#N. The van der Waals surface area contributed by atoms with Crippen molar-refractivity contribution in [1.29, 1.82) is 52.6 Å². The lowest BCUT2D eigenvalue weighted by molar-refractivity contribution is 0.0521. The van der Waals surface area contributed by atoms with Gasteiger partial charge in [0.2, 0.25) is 0 Å². The Morgan fingerprint density at radius 3 is 1.02 bits per heavy atom. The fourth-order valence-electron chi connectivity index (χ4n) is 5.78. The third-order valence-corrected chi connectivity index (χ3v) is 23.2. The van der Waals surface area contributed by atoms with Crippen LogP contribution in [0.5, 0.6) is 0 Å². The van der Waals surface area contributed by atoms with E-state index in [0.29, 0.717) is 75.3 Å². The lowest BCUT2D eigenvalue weighted by atomic mass is 10.1. The summed E-state index contributed by atoms with van der Waals surface area (Å²) >= 11 is 16.4. The summed E-state index contributed by atoms with van der Waals surface area (Å²) in [5.74, 6) is -0.907. The Balaban J connectivity index is -0.000000977. The number of allylic oxidation sites excluding steroid dienone is 3. The molecule has 0 amide bonds. The molecule has 0 saturated carbocycles. The second-order valence-electron chi connectivity index (χ2n) is 16.1. The number of carbonyl (C=O) groups is 4. The molecule has 0 saturated heterocycles. The molecular formula is C57H62I2N12O8S9. The summed E-state index contributed by atoms with van der Waals surface area (Å²) in [5.41, 5.74) is 14.4. The maximum atomic E-state index is 11.6. The van der Waals surface area contributed by atoms with Crippen molar-refractivity contribution in [2.75, 3.05) is 69.2 Å². The van der Waals surface area contributed by atoms with Gasteiger partial charge in [0.05, 0.1) is 86.4 Å². The molecule has 31 heteroatoms. The minimum Gasteiger partial charge on any atom is -0.462 e. The van der Waals surface area contributed by atoms with Gasteiger partial charge >= 0.3 is 23.9 Å². The van der Waals surface area contributed by atoms with Crippen LogP contribution in [0.1, 0.15) is 158 Å². The molecule has 0 unspecified atom stereocenters. The van der Waals surface area contributed by atoms with Crippen molar-refractivity contribution in [2.45, 2.75) is 95.9 Å². The second-order valence-corrected chi connectivity index (χ2v) is 27.3. The molecule has 20 nitrogen and oxygen atoms in total. The van der Waals surface area contributed by atoms with Crippen molar-refractivity contribution in [3.8, 4) is 60.7 Å². The summed E-state index contributed by atoms with van der Waals surface area (Å²) in [5, 5.41) is 84.9. The molecule has 0 bridgehead atoms. The van der Waals surface area contributed by atoms with Gasteiger partial charge in [0, 0.05) is 14.7 Å².